The van der Waals surface area contributed by atoms with Crippen molar-refractivity contribution < 1.29 is 20.2 Å². The first kappa shape index (κ1) is 16.2. The zero-order valence-corrected chi connectivity index (χ0v) is 13.8. The third-order valence-corrected chi connectivity index (χ3v) is 3.75. The van der Waals surface area contributed by atoms with Gasteiger partial charge in [0.2, 0.25) is 0 Å². The number of halogens is 1. The van der Waals surface area contributed by atoms with Gasteiger partial charge in [0.05, 0.1) is 6.10 Å². The molecule has 2 aromatic rings. The van der Waals surface area contributed by atoms with E-state index in [4.69, 9.17) is 9.52 Å². The predicted molar refractivity (Wildman–Crippen MR) is 85.7 cm³/mol. The number of furan rings is 1. The van der Waals surface area contributed by atoms with E-state index in [1.807, 2.05) is 43.3 Å². The molecule has 0 radical (unpaired) electrons. The molecule has 1 heterocycles. The summed E-state index contributed by atoms with van der Waals surface area (Å²) in [4.78, 5) is 0. The number of benzene rings is 1. The van der Waals surface area contributed by atoms with Crippen LogP contribution in [0, 0.1) is 0 Å². The van der Waals surface area contributed by atoms with Crippen LogP contribution >= 0.6 is 15.9 Å². The minimum absolute atomic E-state index is 0.233. The molecule has 0 saturated heterocycles. The van der Waals surface area contributed by atoms with Gasteiger partial charge in [-0.15, -0.1) is 0 Å². The lowest BCUT2D eigenvalue weighted by Gasteiger charge is -2.03. The van der Waals surface area contributed by atoms with Gasteiger partial charge in [0, 0.05) is 10.0 Å². The van der Waals surface area contributed by atoms with Crippen molar-refractivity contribution in [1.82, 2.24) is 0 Å². The van der Waals surface area contributed by atoms with Crippen LogP contribution in [0.2, 0.25) is 0 Å². The molecule has 5 heteroatoms. The van der Waals surface area contributed by atoms with Crippen LogP contribution in [0.1, 0.15) is 12.7 Å². The van der Waals surface area contributed by atoms with Crippen molar-refractivity contribution in [3.05, 3.63) is 46.6 Å². The Hall–Kier alpha value is -1.14. The van der Waals surface area contributed by atoms with Gasteiger partial charge in [-0.2, -0.15) is 0 Å². The minimum Gasteiger partial charge on any atom is -0.455 e. The van der Waals surface area contributed by atoms with Gasteiger partial charge in [-0.05, 0) is 31.2 Å². The third kappa shape index (κ3) is 5.63. The monoisotopic (exact) mass is 354 g/mol. The first-order chi connectivity index (χ1) is 10.1. The van der Waals surface area contributed by atoms with E-state index in [-0.39, 0.29) is 6.10 Å². The molecule has 0 aliphatic heterocycles. The maximum atomic E-state index is 9.16. The number of hydrogen-bond donors (Lipinski definition) is 3. The van der Waals surface area contributed by atoms with E-state index in [1.54, 1.807) is 0 Å². The summed E-state index contributed by atoms with van der Waals surface area (Å²) in [7, 11) is 0. The van der Waals surface area contributed by atoms with E-state index >= 15 is 0 Å². The van der Waals surface area contributed by atoms with E-state index in [9.17, 15) is 0 Å². The predicted octanol–water partition coefficient (Wildman–Crippen LogP) is 0.717. The summed E-state index contributed by atoms with van der Waals surface area (Å²) in [6, 6.07) is 12.2. The van der Waals surface area contributed by atoms with Gasteiger partial charge in [-0.3, -0.25) is 0 Å². The van der Waals surface area contributed by atoms with Crippen LogP contribution in [-0.4, -0.2) is 30.8 Å². The first-order valence-electron chi connectivity index (χ1n) is 7.31. The average molecular weight is 355 g/mol. The van der Waals surface area contributed by atoms with Crippen molar-refractivity contribution in [2.75, 3.05) is 19.6 Å². The maximum absolute atomic E-state index is 9.16. The Kier molecular flexibility index (Phi) is 6.45. The highest BCUT2D eigenvalue weighted by Crippen LogP contribution is 2.23. The van der Waals surface area contributed by atoms with Crippen molar-refractivity contribution in [3.8, 4) is 11.3 Å². The van der Waals surface area contributed by atoms with E-state index in [1.165, 1.54) is 0 Å². The number of quaternary nitrogens is 2. The third-order valence-electron chi connectivity index (χ3n) is 3.22. The molecular weight excluding hydrogens is 332 g/mol. The molecule has 114 valence electrons. The Morgan fingerprint density at radius 2 is 1.81 bits per heavy atom. The largest absolute Gasteiger partial charge is 0.455 e. The molecule has 0 unspecified atom stereocenters. The number of nitrogens with two attached hydrogens (primary N) is 2. The van der Waals surface area contributed by atoms with E-state index in [2.05, 4.69) is 26.6 Å². The fourth-order valence-corrected chi connectivity index (χ4v) is 2.36. The lowest BCUT2D eigenvalue weighted by atomic mass is 10.2. The molecule has 0 aliphatic carbocycles. The van der Waals surface area contributed by atoms with Crippen LogP contribution in [0.15, 0.2) is 45.3 Å². The summed E-state index contributed by atoms with van der Waals surface area (Å²) >= 11 is 3.43. The Morgan fingerprint density at radius 3 is 2.52 bits per heavy atom. The van der Waals surface area contributed by atoms with Crippen LogP contribution in [0.4, 0.5) is 0 Å². The SMILES string of the molecule is C[C@@H](O)C[NH2+]CC[NH2+]Cc1ccc(-c2ccc(Br)cc2)o1. The molecule has 21 heavy (non-hydrogen) atoms. The highest BCUT2D eigenvalue weighted by atomic mass is 79.9. The zero-order valence-electron chi connectivity index (χ0n) is 12.3. The molecule has 0 fully saturated rings. The summed E-state index contributed by atoms with van der Waals surface area (Å²) in [6.45, 7) is 5.44. The molecular formula is C16H23BrN2O2+2. The molecule has 5 N–H and O–H groups in total. The number of hydrogen-bond acceptors (Lipinski definition) is 2. The lowest BCUT2D eigenvalue weighted by Crippen LogP contribution is -2.95. The average Bonchev–Trinajstić information content (AvgIpc) is 2.92. The molecule has 1 atom stereocenters. The second kappa shape index (κ2) is 8.34. The second-order valence-electron chi connectivity index (χ2n) is 5.22. The summed E-state index contributed by atoms with van der Waals surface area (Å²) in [5.41, 5.74) is 1.09. The van der Waals surface area contributed by atoms with Crippen molar-refractivity contribution in [2.24, 2.45) is 0 Å². The summed E-state index contributed by atoms with van der Waals surface area (Å²) in [5, 5.41) is 13.5. The molecule has 0 saturated carbocycles. The van der Waals surface area contributed by atoms with Crippen LogP contribution in [0.3, 0.4) is 0 Å². The van der Waals surface area contributed by atoms with E-state index in [0.717, 1.165) is 47.7 Å². The van der Waals surface area contributed by atoms with E-state index in [0.29, 0.717) is 0 Å². The van der Waals surface area contributed by atoms with Crippen molar-refractivity contribution >= 4 is 15.9 Å². The molecule has 0 spiro atoms. The Balaban J connectivity index is 1.74. The molecule has 1 aromatic carbocycles. The summed E-state index contributed by atoms with van der Waals surface area (Å²) in [6.07, 6.45) is -0.233. The van der Waals surface area contributed by atoms with Gasteiger partial charge in [0.1, 0.15) is 31.9 Å². The fourth-order valence-electron chi connectivity index (χ4n) is 2.10. The molecule has 0 amide bonds. The molecule has 1 aromatic heterocycles. The van der Waals surface area contributed by atoms with Gasteiger partial charge < -0.3 is 20.2 Å². The van der Waals surface area contributed by atoms with Gasteiger partial charge in [0.15, 0.2) is 5.76 Å². The van der Waals surface area contributed by atoms with Gasteiger partial charge in [-0.25, -0.2) is 0 Å². The fraction of sp³-hybridized carbons (Fsp3) is 0.375. The maximum Gasteiger partial charge on any atom is 0.158 e. The normalized spacial score (nSPS) is 12.5. The van der Waals surface area contributed by atoms with Crippen molar-refractivity contribution in [1.29, 1.82) is 0 Å². The summed E-state index contributed by atoms with van der Waals surface area (Å²) < 4.78 is 6.93. The number of rotatable bonds is 8. The van der Waals surface area contributed by atoms with Crippen molar-refractivity contribution in [3.63, 3.8) is 0 Å². The molecule has 2 rings (SSSR count). The quantitative estimate of drug-likeness (QED) is 0.611. The molecule has 0 aliphatic rings. The highest BCUT2D eigenvalue weighted by molar-refractivity contribution is 9.10. The van der Waals surface area contributed by atoms with E-state index < -0.39 is 0 Å². The lowest BCUT2D eigenvalue weighted by molar-refractivity contribution is -0.733. The van der Waals surface area contributed by atoms with Crippen molar-refractivity contribution in [2.45, 2.75) is 19.6 Å². The van der Waals surface area contributed by atoms with Crippen LogP contribution < -0.4 is 10.6 Å². The highest BCUT2D eigenvalue weighted by Gasteiger charge is 2.06. The minimum atomic E-state index is -0.233. The Morgan fingerprint density at radius 1 is 1.10 bits per heavy atom. The standard InChI is InChI=1S/C16H21BrN2O2/c1-12(20)10-18-8-9-19-11-15-6-7-16(21-15)13-2-4-14(17)5-3-13/h2-7,12,18-20H,8-11H2,1H3/p+2/t12-/m1/s1. The number of aliphatic hydroxyl groups excluding tert-OH is 1. The summed E-state index contributed by atoms with van der Waals surface area (Å²) in [5.74, 6) is 1.90. The van der Waals surface area contributed by atoms with Crippen LogP contribution in [0.5, 0.6) is 0 Å². The first-order valence-corrected chi connectivity index (χ1v) is 8.10. The van der Waals surface area contributed by atoms with Gasteiger partial charge in [0.25, 0.3) is 0 Å². The molecule has 0 bridgehead atoms. The second-order valence-corrected chi connectivity index (χ2v) is 6.13. The smallest absolute Gasteiger partial charge is 0.158 e. The van der Waals surface area contributed by atoms with Gasteiger partial charge in [-0.1, -0.05) is 28.1 Å². The van der Waals surface area contributed by atoms with Crippen LogP contribution in [-0.2, 0) is 6.54 Å². The number of aliphatic hydroxyl groups is 1. The van der Waals surface area contributed by atoms with Gasteiger partial charge >= 0.3 is 0 Å². The van der Waals surface area contributed by atoms with Crippen LogP contribution in [0.25, 0.3) is 11.3 Å². The molecule has 4 nitrogen and oxygen atoms in total. The zero-order chi connectivity index (χ0) is 15.1. The Bertz CT molecular complexity index is 537. The Labute approximate surface area is 133 Å². The topological polar surface area (TPSA) is 66.6 Å².